The molecular weight excluding hydrogens is 421 g/mol. The van der Waals surface area contributed by atoms with Crippen LogP contribution in [0.2, 0.25) is 0 Å². The fourth-order valence-electron chi connectivity index (χ4n) is 3.25. The van der Waals surface area contributed by atoms with E-state index >= 15 is 0 Å². The Labute approximate surface area is 173 Å². The molecule has 0 aliphatic heterocycles. The van der Waals surface area contributed by atoms with Gasteiger partial charge in [-0.1, -0.05) is 6.92 Å². The second kappa shape index (κ2) is 8.09. The molecule has 0 bridgehead atoms. The van der Waals surface area contributed by atoms with Gasteiger partial charge in [0.25, 0.3) is 5.56 Å². The fraction of sp³-hybridized carbons (Fsp3) is 0.286. The molecule has 2 aromatic carbocycles. The Morgan fingerprint density at radius 3 is 2.35 bits per heavy atom. The van der Waals surface area contributed by atoms with Gasteiger partial charge in [-0.3, -0.25) is 14.2 Å². The van der Waals surface area contributed by atoms with E-state index < -0.39 is 41.0 Å². The highest BCUT2D eigenvalue weighted by molar-refractivity contribution is 5.95. The number of fused-ring (bicyclic) bond motifs is 1. The highest BCUT2D eigenvalue weighted by Crippen LogP contribution is 2.29. The van der Waals surface area contributed by atoms with E-state index in [0.29, 0.717) is 17.2 Å². The summed E-state index contributed by atoms with van der Waals surface area (Å²) in [6.45, 7) is 4.88. The summed E-state index contributed by atoms with van der Waals surface area (Å²) in [6, 6.07) is 3.94. The summed E-state index contributed by atoms with van der Waals surface area (Å²) in [5.41, 5.74) is -2.21. The molecule has 0 saturated heterocycles. The van der Waals surface area contributed by atoms with E-state index in [1.807, 2.05) is 0 Å². The van der Waals surface area contributed by atoms with Crippen LogP contribution < -0.4 is 10.9 Å². The molecule has 1 aromatic heterocycles. The molecule has 3 aromatic rings. The van der Waals surface area contributed by atoms with Gasteiger partial charge < -0.3 is 5.32 Å². The lowest BCUT2D eigenvalue weighted by atomic mass is 10.1. The molecule has 0 radical (unpaired) electrons. The van der Waals surface area contributed by atoms with Gasteiger partial charge in [-0.15, -0.1) is 0 Å². The highest BCUT2D eigenvalue weighted by Gasteiger charge is 2.39. The van der Waals surface area contributed by atoms with E-state index in [1.54, 1.807) is 13.8 Å². The molecule has 1 atom stereocenters. The third-order valence-electron chi connectivity index (χ3n) is 4.96. The van der Waals surface area contributed by atoms with Crippen LogP contribution in [0.3, 0.4) is 0 Å². The van der Waals surface area contributed by atoms with Crippen LogP contribution in [0.4, 0.5) is 27.6 Å². The lowest BCUT2D eigenvalue weighted by Crippen LogP contribution is -2.37. The van der Waals surface area contributed by atoms with Crippen LogP contribution in [-0.4, -0.2) is 15.5 Å². The number of carbonyl (C=O) groups is 1. The van der Waals surface area contributed by atoms with E-state index in [4.69, 9.17) is 0 Å². The molecule has 5 nitrogen and oxygen atoms in total. The maximum Gasteiger partial charge on any atom is 0.438 e. The third-order valence-corrected chi connectivity index (χ3v) is 4.96. The summed E-state index contributed by atoms with van der Waals surface area (Å²) in [5, 5.41) is 2.22. The number of benzene rings is 2. The molecular formula is C21H18F5N3O2. The summed E-state index contributed by atoms with van der Waals surface area (Å²) in [4.78, 5) is 29.1. The van der Waals surface area contributed by atoms with E-state index in [2.05, 4.69) is 10.3 Å². The number of aromatic nitrogens is 2. The van der Waals surface area contributed by atoms with E-state index in [-0.39, 0.29) is 23.1 Å². The standard InChI is InChI=1S/C21H18F5N3O2/c1-4-16(19(30)28-14-6-5-12(22)9-13(14)23)29-17-8-11(3)10(2)7-15(17)27-18(20(29)31)21(24,25)26/h5-9,16H,4H2,1-3H3,(H,28,30). The van der Waals surface area contributed by atoms with Gasteiger partial charge in [0.2, 0.25) is 11.6 Å². The monoisotopic (exact) mass is 439 g/mol. The fourth-order valence-corrected chi connectivity index (χ4v) is 3.25. The van der Waals surface area contributed by atoms with Gasteiger partial charge in [0.05, 0.1) is 16.7 Å². The summed E-state index contributed by atoms with van der Waals surface area (Å²) in [7, 11) is 0. The molecule has 10 heteroatoms. The lowest BCUT2D eigenvalue weighted by molar-refractivity contribution is -0.142. The molecule has 0 spiro atoms. The average molecular weight is 439 g/mol. The number of nitrogens with zero attached hydrogens (tertiary/aromatic N) is 2. The molecule has 1 N–H and O–H groups in total. The SMILES string of the molecule is CCC(C(=O)Nc1ccc(F)cc1F)n1c(=O)c(C(F)(F)F)nc2cc(C)c(C)cc21. The Morgan fingerprint density at radius 1 is 1.13 bits per heavy atom. The van der Waals surface area contributed by atoms with Gasteiger partial charge in [0, 0.05) is 6.07 Å². The summed E-state index contributed by atoms with van der Waals surface area (Å²) in [5.74, 6) is -2.84. The van der Waals surface area contributed by atoms with Crippen molar-refractivity contribution in [3.63, 3.8) is 0 Å². The van der Waals surface area contributed by atoms with Crippen molar-refractivity contribution in [3.05, 3.63) is 69.1 Å². The van der Waals surface area contributed by atoms with Crippen LogP contribution in [-0.2, 0) is 11.0 Å². The quantitative estimate of drug-likeness (QED) is 0.588. The summed E-state index contributed by atoms with van der Waals surface area (Å²) < 4.78 is 68.2. The number of hydrogen-bond acceptors (Lipinski definition) is 3. The lowest BCUT2D eigenvalue weighted by Gasteiger charge is -2.22. The largest absolute Gasteiger partial charge is 0.438 e. The number of rotatable bonds is 4. The second-order valence-electron chi connectivity index (χ2n) is 7.10. The average Bonchev–Trinajstić information content (AvgIpc) is 2.66. The number of amides is 1. The Kier molecular flexibility index (Phi) is 5.84. The number of carbonyl (C=O) groups excluding carboxylic acids is 1. The first kappa shape index (κ1) is 22.4. The van der Waals surface area contributed by atoms with Gasteiger partial charge >= 0.3 is 6.18 Å². The van der Waals surface area contributed by atoms with Crippen molar-refractivity contribution in [1.29, 1.82) is 0 Å². The molecule has 0 fully saturated rings. The van der Waals surface area contributed by atoms with Gasteiger partial charge in [-0.25, -0.2) is 13.8 Å². The molecule has 1 heterocycles. The maximum absolute atomic E-state index is 13.9. The van der Waals surface area contributed by atoms with Crippen molar-refractivity contribution in [2.45, 2.75) is 39.4 Å². The number of alkyl halides is 3. The Hall–Kier alpha value is -3.30. The molecule has 1 unspecified atom stereocenters. The van der Waals surface area contributed by atoms with Crippen LogP contribution >= 0.6 is 0 Å². The van der Waals surface area contributed by atoms with Gasteiger partial charge in [-0.2, -0.15) is 13.2 Å². The minimum atomic E-state index is -5.04. The Balaban J connectivity index is 2.22. The second-order valence-corrected chi connectivity index (χ2v) is 7.10. The zero-order chi connectivity index (χ0) is 23.1. The van der Waals surface area contributed by atoms with Crippen molar-refractivity contribution < 1.29 is 26.7 Å². The van der Waals surface area contributed by atoms with Gasteiger partial charge in [0.15, 0.2) is 0 Å². The molecule has 31 heavy (non-hydrogen) atoms. The van der Waals surface area contributed by atoms with Crippen LogP contribution in [0.15, 0.2) is 35.1 Å². The zero-order valence-electron chi connectivity index (χ0n) is 16.8. The molecule has 1 amide bonds. The minimum Gasteiger partial charge on any atom is -0.322 e. The minimum absolute atomic E-state index is 0.0441. The van der Waals surface area contributed by atoms with Crippen LogP contribution in [0.25, 0.3) is 11.0 Å². The van der Waals surface area contributed by atoms with Gasteiger partial charge in [-0.05, 0) is 55.7 Å². The van der Waals surface area contributed by atoms with E-state index in [9.17, 15) is 31.5 Å². The Morgan fingerprint density at radius 2 is 1.77 bits per heavy atom. The zero-order valence-corrected chi connectivity index (χ0v) is 16.8. The molecule has 0 aliphatic rings. The van der Waals surface area contributed by atoms with Crippen LogP contribution in [0.1, 0.15) is 36.2 Å². The van der Waals surface area contributed by atoms with Gasteiger partial charge in [0.1, 0.15) is 17.7 Å². The maximum atomic E-state index is 13.9. The molecule has 0 saturated carbocycles. The Bertz CT molecular complexity index is 1230. The molecule has 0 aliphatic carbocycles. The summed E-state index contributed by atoms with van der Waals surface area (Å²) >= 11 is 0. The first-order valence-corrected chi connectivity index (χ1v) is 9.30. The van der Waals surface area contributed by atoms with Crippen molar-refractivity contribution in [2.24, 2.45) is 0 Å². The van der Waals surface area contributed by atoms with Crippen molar-refractivity contribution in [3.8, 4) is 0 Å². The van der Waals surface area contributed by atoms with Crippen LogP contribution in [0.5, 0.6) is 0 Å². The van der Waals surface area contributed by atoms with Crippen molar-refractivity contribution >= 4 is 22.6 Å². The molecule has 3 rings (SSSR count). The topological polar surface area (TPSA) is 64.0 Å². The number of anilines is 1. The number of aryl methyl sites for hydroxylation is 2. The molecule has 164 valence electrons. The number of halogens is 5. The first-order chi connectivity index (χ1) is 14.4. The van der Waals surface area contributed by atoms with Crippen molar-refractivity contribution in [1.82, 2.24) is 9.55 Å². The number of nitrogens with one attached hydrogen (secondary N) is 1. The predicted octanol–water partition coefficient (Wildman–Crippen LogP) is 4.90. The third kappa shape index (κ3) is 4.28. The number of hydrogen-bond donors (Lipinski definition) is 1. The van der Waals surface area contributed by atoms with E-state index in [0.717, 1.165) is 16.7 Å². The first-order valence-electron chi connectivity index (χ1n) is 9.30. The predicted molar refractivity (Wildman–Crippen MR) is 105 cm³/mol. The summed E-state index contributed by atoms with van der Waals surface area (Å²) in [6.07, 6.45) is -5.11. The normalized spacial score (nSPS) is 12.8. The van der Waals surface area contributed by atoms with E-state index in [1.165, 1.54) is 19.1 Å². The smallest absolute Gasteiger partial charge is 0.322 e. The highest BCUT2D eigenvalue weighted by atomic mass is 19.4. The van der Waals surface area contributed by atoms with Crippen LogP contribution in [0, 0.1) is 25.5 Å². The van der Waals surface area contributed by atoms with Crippen molar-refractivity contribution in [2.75, 3.05) is 5.32 Å².